The molecule has 0 unspecified atom stereocenters. The summed E-state index contributed by atoms with van der Waals surface area (Å²) in [6.07, 6.45) is 1.59. The number of nitrogens with one attached hydrogen (secondary N) is 1. The zero-order chi connectivity index (χ0) is 18.0. The molecule has 0 aliphatic rings. The lowest BCUT2D eigenvalue weighted by atomic mass is 10.3. The maximum atomic E-state index is 11.3. The zero-order valence-corrected chi connectivity index (χ0v) is 14.7. The first-order valence-corrected chi connectivity index (χ1v) is 9.33. The van der Waals surface area contributed by atoms with Crippen molar-refractivity contribution in [2.45, 2.75) is 18.7 Å². The predicted octanol–water partition coefficient (Wildman–Crippen LogP) is 1.36. The van der Waals surface area contributed by atoms with Crippen LogP contribution in [0.1, 0.15) is 13.8 Å². The third kappa shape index (κ3) is 3.54. The van der Waals surface area contributed by atoms with Gasteiger partial charge in [0.1, 0.15) is 11.6 Å². The van der Waals surface area contributed by atoms with E-state index in [2.05, 4.69) is 39.4 Å². The van der Waals surface area contributed by atoms with Gasteiger partial charge < -0.3 is 10.2 Å². The number of nitrogens with two attached hydrogens (primary N) is 1. The number of fused-ring (bicyclic) bond motifs is 1. The summed E-state index contributed by atoms with van der Waals surface area (Å²) in [6, 6.07) is 8.05. The molecule has 0 amide bonds. The van der Waals surface area contributed by atoms with Crippen molar-refractivity contribution < 1.29 is 8.42 Å². The molecule has 9 nitrogen and oxygen atoms in total. The number of hydrogen-bond acceptors (Lipinski definition) is 7. The molecule has 2 aromatic heterocycles. The van der Waals surface area contributed by atoms with Crippen LogP contribution in [0.15, 0.2) is 41.4 Å². The maximum Gasteiger partial charge on any atom is 0.238 e. The van der Waals surface area contributed by atoms with Crippen LogP contribution in [-0.2, 0) is 10.0 Å². The average Bonchev–Trinajstić information content (AvgIpc) is 3.04. The summed E-state index contributed by atoms with van der Waals surface area (Å²) in [4.78, 5) is 6.73. The molecule has 0 bridgehead atoms. The Morgan fingerprint density at radius 2 is 1.88 bits per heavy atom. The fourth-order valence-corrected chi connectivity index (χ4v) is 3.00. The Morgan fingerprint density at radius 3 is 2.48 bits per heavy atom. The quantitative estimate of drug-likeness (QED) is 0.680. The third-order valence-electron chi connectivity index (χ3n) is 3.80. The van der Waals surface area contributed by atoms with Crippen molar-refractivity contribution in [3.05, 3.63) is 36.5 Å². The van der Waals surface area contributed by atoms with E-state index in [0.717, 1.165) is 18.9 Å². The van der Waals surface area contributed by atoms with E-state index in [9.17, 15) is 8.42 Å². The molecule has 1 aromatic carbocycles. The monoisotopic (exact) mass is 361 g/mol. The second-order valence-electron chi connectivity index (χ2n) is 5.37. The minimum absolute atomic E-state index is 0.0579. The van der Waals surface area contributed by atoms with Gasteiger partial charge in [-0.15, -0.1) is 5.10 Å². The molecule has 132 valence electrons. The first kappa shape index (κ1) is 17.1. The van der Waals surface area contributed by atoms with Gasteiger partial charge in [-0.1, -0.05) is 5.21 Å². The van der Waals surface area contributed by atoms with Gasteiger partial charge in [0.25, 0.3) is 0 Å². The van der Waals surface area contributed by atoms with Crippen molar-refractivity contribution in [1.82, 2.24) is 19.8 Å². The Labute approximate surface area is 145 Å². The molecule has 0 aliphatic carbocycles. The minimum atomic E-state index is -3.71. The molecule has 2 heterocycles. The third-order valence-corrected chi connectivity index (χ3v) is 4.73. The Bertz CT molecular complexity index is 979. The van der Waals surface area contributed by atoms with Crippen LogP contribution in [0, 0.1) is 0 Å². The molecule has 3 N–H and O–H groups in total. The van der Waals surface area contributed by atoms with Gasteiger partial charge in [-0.2, -0.15) is 4.52 Å². The van der Waals surface area contributed by atoms with Gasteiger partial charge in [0.2, 0.25) is 10.0 Å². The SMILES string of the molecule is CCN(CC)c1cc(Nc2ccc(S(N)(=O)=O)cc2)n2nncc2n1. The molecular weight excluding hydrogens is 342 g/mol. The largest absolute Gasteiger partial charge is 0.357 e. The van der Waals surface area contributed by atoms with Crippen LogP contribution in [0.4, 0.5) is 17.3 Å². The highest BCUT2D eigenvalue weighted by molar-refractivity contribution is 7.89. The van der Waals surface area contributed by atoms with E-state index in [1.165, 1.54) is 12.1 Å². The Kier molecular flexibility index (Phi) is 4.55. The Hall–Kier alpha value is -2.72. The molecule has 0 saturated heterocycles. The van der Waals surface area contributed by atoms with Gasteiger partial charge in [0, 0.05) is 24.8 Å². The van der Waals surface area contributed by atoms with Crippen LogP contribution in [0.2, 0.25) is 0 Å². The summed E-state index contributed by atoms with van der Waals surface area (Å²) in [5.74, 6) is 1.48. The number of hydrogen-bond donors (Lipinski definition) is 2. The molecule has 0 aliphatic heterocycles. The van der Waals surface area contributed by atoms with Crippen molar-refractivity contribution in [2.75, 3.05) is 23.3 Å². The summed E-state index contributed by atoms with van der Waals surface area (Å²) in [5, 5.41) is 16.3. The number of primary sulfonamides is 1. The number of aromatic nitrogens is 4. The van der Waals surface area contributed by atoms with Crippen LogP contribution in [0.5, 0.6) is 0 Å². The second kappa shape index (κ2) is 6.65. The summed E-state index contributed by atoms with van der Waals surface area (Å²) >= 11 is 0. The lowest BCUT2D eigenvalue weighted by Gasteiger charge is -2.20. The molecular formula is C15H19N7O2S. The molecule has 10 heteroatoms. The summed E-state index contributed by atoms with van der Waals surface area (Å²) in [5.41, 5.74) is 1.31. The highest BCUT2D eigenvalue weighted by Gasteiger charge is 2.12. The fraction of sp³-hybridized carbons (Fsp3) is 0.267. The van der Waals surface area contributed by atoms with Gasteiger partial charge >= 0.3 is 0 Å². The topological polar surface area (TPSA) is 119 Å². The van der Waals surface area contributed by atoms with Crippen LogP contribution in [0.25, 0.3) is 5.65 Å². The van der Waals surface area contributed by atoms with E-state index in [1.807, 2.05) is 6.07 Å². The van der Waals surface area contributed by atoms with E-state index in [1.54, 1.807) is 22.8 Å². The van der Waals surface area contributed by atoms with Gasteiger partial charge in [-0.25, -0.2) is 18.5 Å². The van der Waals surface area contributed by atoms with Crippen molar-refractivity contribution in [3.8, 4) is 0 Å². The summed E-state index contributed by atoms with van der Waals surface area (Å²) in [6.45, 7) is 5.76. The molecule has 3 rings (SSSR count). The first-order valence-electron chi connectivity index (χ1n) is 7.78. The lowest BCUT2D eigenvalue weighted by Crippen LogP contribution is -2.23. The number of sulfonamides is 1. The molecule has 0 radical (unpaired) electrons. The van der Waals surface area contributed by atoms with Crippen LogP contribution < -0.4 is 15.4 Å². The van der Waals surface area contributed by atoms with E-state index in [-0.39, 0.29) is 4.90 Å². The number of anilines is 3. The van der Waals surface area contributed by atoms with E-state index in [0.29, 0.717) is 17.2 Å². The van der Waals surface area contributed by atoms with Crippen LogP contribution >= 0.6 is 0 Å². The summed E-state index contributed by atoms with van der Waals surface area (Å²) < 4.78 is 24.3. The van der Waals surface area contributed by atoms with Crippen LogP contribution in [0.3, 0.4) is 0 Å². The van der Waals surface area contributed by atoms with Crippen molar-refractivity contribution in [3.63, 3.8) is 0 Å². The normalized spacial score (nSPS) is 11.6. The van der Waals surface area contributed by atoms with E-state index < -0.39 is 10.0 Å². The van der Waals surface area contributed by atoms with E-state index >= 15 is 0 Å². The molecule has 0 fully saturated rings. The fourth-order valence-electron chi connectivity index (χ4n) is 2.48. The molecule has 0 saturated carbocycles. The maximum absolute atomic E-state index is 11.3. The summed E-state index contributed by atoms with van der Waals surface area (Å²) in [7, 11) is -3.71. The average molecular weight is 361 g/mol. The predicted molar refractivity (Wildman–Crippen MR) is 95.4 cm³/mol. The molecule has 3 aromatic rings. The molecule has 0 atom stereocenters. The Morgan fingerprint density at radius 1 is 1.20 bits per heavy atom. The lowest BCUT2D eigenvalue weighted by molar-refractivity contribution is 0.598. The smallest absolute Gasteiger partial charge is 0.238 e. The Balaban J connectivity index is 1.99. The van der Waals surface area contributed by atoms with Crippen molar-refractivity contribution in [1.29, 1.82) is 0 Å². The first-order chi connectivity index (χ1) is 11.9. The van der Waals surface area contributed by atoms with Gasteiger partial charge in [0.15, 0.2) is 5.65 Å². The molecule has 0 spiro atoms. The number of nitrogens with zero attached hydrogens (tertiary/aromatic N) is 5. The minimum Gasteiger partial charge on any atom is -0.357 e. The highest BCUT2D eigenvalue weighted by atomic mass is 32.2. The number of benzene rings is 1. The van der Waals surface area contributed by atoms with E-state index in [4.69, 9.17) is 5.14 Å². The van der Waals surface area contributed by atoms with Gasteiger partial charge in [0.05, 0.1) is 11.1 Å². The van der Waals surface area contributed by atoms with Crippen molar-refractivity contribution in [2.24, 2.45) is 5.14 Å². The van der Waals surface area contributed by atoms with Gasteiger partial charge in [-0.05, 0) is 38.1 Å². The second-order valence-corrected chi connectivity index (χ2v) is 6.93. The standard InChI is InChI=1S/C15H19N7O2S/c1-3-21(4-2)13-9-14(22-15(19-13)10-17-20-22)18-11-5-7-12(8-6-11)25(16,23)24/h5-10,18H,3-4H2,1-2H3,(H2,16,23,24). The van der Waals surface area contributed by atoms with Crippen molar-refractivity contribution >= 4 is 33.0 Å². The molecule has 25 heavy (non-hydrogen) atoms. The van der Waals surface area contributed by atoms with Gasteiger partial charge in [-0.3, -0.25) is 0 Å². The number of rotatable bonds is 6. The van der Waals surface area contributed by atoms with Crippen LogP contribution in [-0.4, -0.2) is 41.3 Å². The highest BCUT2D eigenvalue weighted by Crippen LogP contribution is 2.23. The zero-order valence-electron chi connectivity index (χ0n) is 13.9.